The van der Waals surface area contributed by atoms with E-state index in [0.717, 1.165) is 41.7 Å². The number of pyridine rings is 1. The lowest BCUT2D eigenvalue weighted by Gasteiger charge is -2.22. The fourth-order valence-corrected chi connectivity index (χ4v) is 3.68. The zero-order valence-electron chi connectivity index (χ0n) is 13.4. The number of likely N-dealkylation sites (N-methyl/N-ethyl adjacent to an activating group) is 1. The number of nitriles is 1. The number of ether oxygens (including phenoxy) is 1. The Labute approximate surface area is 141 Å². The molecule has 1 atom stereocenters. The number of aromatic nitrogens is 1. The second-order valence-corrected chi connectivity index (χ2v) is 6.79. The van der Waals surface area contributed by atoms with Gasteiger partial charge >= 0.3 is 0 Å². The number of fused-ring (bicyclic) bond motifs is 1. The van der Waals surface area contributed by atoms with Crippen LogP contribution < -0.4 is 9.64 Å². The van der Waals surface area contributed by atoms with Gasteiger partial charge in [-0.25, -0.2) is 4.98 Å². The van der Waals surface area contributed by atoms with Gasteiger partial charge in [0.2, 0.25) is 0 Å². The van der Waals surface area contributed by atoms with Crippen LogP contribution in [0.15, 0.2) is 35.4 Å². The van der Waals surface area contributed by atoms with Gasteiger partial charge in [0.25, 0.3) is 0 Å². The molecule has 0 fully saturated rings. The molecule has 0 saturated carbocycles. The number of nitrogens with zero attached hydrogens (tertiary/aromatic N) is 2. The maximum absolute atomic E-state index is 9.42. The lowest BCUT2D eigenvalue weighted by atomic mass is 10.0. The zero-order valence-corrected chi connectivity index (χ0v) is 14.2. The van der Waals surface area contributed by atoms with Gasteiger partial charge in [-0.3, -0.25) is 0 Å². The molecule has 1 aliphatic rings. The molecule has 3 rings (SSSR count). The highest BCUT2D eigenvalue weighted by Crippen LogP contribution is 2.27. The van der Waals surface area contributed by atoms with Gasteiger partial charge < -0.3 is 9.64 Å². The van der Waals surface area contributed by atoms with Crippen molar-refractivity contribution in [2.24, 2.45) is 0 Å². The summed E-state index contributed by atoms with van der Waals surface area (Å²) in [7, 11) is 3.85. The van der Waals surface area contributed by atoms with Crippen molar-refractivity contribution in [3.05, 3.63) is 52.7 Å². The minimum atomic E-state index is 0.692. The van der Waals surface area contributed by atoms with Gasteiger partial charge in [-0.15, -0.1) is 11.8 Å². The van der Waals surface area contributed by atoms with Crippen LogP contribution in [0.3, 0.4) is 0 Å². The monoisotopic (exact) mass is 326 g/mol. The number of methoxy groups -OCH3 is 1. The van der Waals surface area contributed by atoms with E-state index in [4.69, 9.17) is 9.72 Å². The van der Waals surface area contributed by atoms with E-state index in [0.29, 0.717) is 5.56 Å². The van der Waals surface area contributed by atoms with Crippen molar-refractivity contribution in [3.8, 4) is 11.8 Å². The summed E-state index contributed by atoms with van der Waals surface area (Å²) in [5, 5.41) is 10.3. The Morgan fingerprint density at radius 1 is 1.35 bits per heavy atom. The average molecular weight is 326 g/mol. The summed E-state index contributed by atoms with van der Waals surface area (Å²) in [6.07, 6.45) is 0.989. The van der Waals surface area contributed by atoms with E-state index in [1.54, 1.807) is 18.9 Å². The van der Waals surface area contributed by atoms with Crippen molar-refractivity contribution >= 4 is 11.8 Å². The van der Waals surface area contributed by atoms with E-state index < -0.39 is 0 Å². The Morgan fingerprint density at radius 2 is 2.13 bits per heavy atom. The third-order valence-corrected chi connectivity index (χ3v) is 5.15. The number of rotatable bonds is 4. The molecule has 1 aliphatic heterocycles. The Hall–Kier alpha value is -2.03. The maximum atomic E-state index is 9.42. The number of benzene rings is 1. The van der Waals surface area contributed by atoms with Gasteiger partial charge in [-0.2, -0.15) is 5.26 Å². The largest absolute Gasteiger partial charge is 0.497 e. The number of nitrogens with one attached hydrogen (secondary N) is 1. The fraction of sp³-hybridized carbons (Fsp3) is 0.333. The maximum Gasteiger partial charge on any atom is 0.118 e. The lowest BCUT2D eigenvalue weighted by molar-refractivity contribution is -0.895. The van der Waals surface area contributed by atoms with Crippen LogP contribution >= 0.6 is 11.8 Å². The molecular formula is C18H20N3OS+. The van der Waals surface area contributed by atoms with Crippen LogP contribution in [0.1, 0.15) is 22.4 Å². The minimum absolute atomic E-state index is 0.692. The first-order valence-corrected chi connectivity index (χ1v) is 8.68. The van der Waals surface area contributed by atoms with Crippen molar-refractivity contribution in [3.63, 3.8) is 0 Å². The molecule has 0 radical (unpaired) electrons. The first-order chi connectivity index (χ1) is 11.2. The van der Waals surface area contributed by atoms with Crippen LogP contribution in [0.4, 0.5) is 0 Å². The molecule has 1 N–H and O–H groups in total. The van der Waals surface area contributed by atoms with Crippen molar-refractivity contribution in [2.45, 2.75) is 23.7 Å². The Morgan fingerprint density at radius 3 is 2.83 bits per heavy atom. The van der Waals surface area contributed by atoms with Crippen molar-refractivity contribution in [1.82, 2.24) is 4.98 Å². The summed E-state index contributed by atoms with van der Waals surface area (Å²) in [5.74, 6) is 1.66. The first kappa shape index (κ1) is 15.9. The standard InChI is InChI=1S/C18H19N3OS/c1-21-8-7-17-15(11-21)9-14(10-19)18(20-17)23-12-13-3-5-16(22-2)6-4-13/h3-6,9H,7-8,11-12H2,1-2H3/p+1. The molecule has 2 aromatic rings. The molecule has 1 aromatic carbocycles. The van der Waals surface area contributed by atoms with E-state index >= 15 is 0 Å². The van der Waals surface area contributed by atoms with Crippen LogP contribution in [-0.4, -0.2) is 25.7 Å². The van der Waals surface area contributed by atoms with Crippen LogP contribution in [0, 0.1) is 11.3 Å². The predicted molar refractivity (Wildman–Crippen MR) is 90.7 cm³/mol. The van der Waals surface area contributed by atoms with E-state index in [1.807, 2.05) is 18.2 Å². The topological polar surface area (TPSA) is 50.3 Å². The second kappa shape index (κ2) is 7.03. The van der Waals surface area contributed by atoms with Gasteiger partial charge in [-0.1, -0.05) is 12.1 Å². The molecule has 0 amide bonds. The molecular weight excluding hydrogens is 306 g/mol. The van der Waals surface area contributed by atoms with Gasteiger partial charge in [0, 0.05) is 17.7 Å². The molecule has 1 aromatic heterocycles. The highest BCUT2D eigenvalue weighted by Gasteiger charge is 2.20. The van der Waals surface area contributed by atoms with E-state index in [2.05, 4.69) is 25.2 Å². The predicted octanol–water partition coefficient (Wildman–Crippen LogP) is 1.82. The summed E-state index contributed by atoms with van der Waals surface area (Å²) in [4.78, 5) is 6.24. The van der Waals surface area contributed by atoms with Crippen LogP contribution in [0.25, 0.3) is 0 Å². The third-order valence-electron chi connectivity index (χ3n) is 4.09. The molecule has 0 spiro atoms. The summed E-state index contributed by atoms with van der Waals surface area (Å²) in [5.41, 5.74) is 4.27. The average Bonchev–Trinajstić information content (AvgIpc) is 2.59. The second-order valence-electron chi connectivity index (χ2n) is 5.83. The van der Waals surface area contributed by atoms with Gasteiger partial charge in [0.15, 0.2) is 0 Å². The third kappa shape index (κ3) is 3.66. The Balaban J connectivity index is 1.78. The summed E-state index contributed by atoms with van der Waals surface area (Å²) in [6.45, 7) is 2.06. The molecule has 1 unspecified atom stereocenters. The van der Waals surface area contributed by atoms with Crippen molar-refractivity contribution in [1.29, 1.82) is 5.26 Å². The van der Waals surface area contributed by atoms with Crippen LogP contribution in [0.5, 0.6) is 5.75 Å². The molecule has 0 saturated heterocycles. The molecule has 118 valence electrons. The smallest absolute Gasteiger partial charge is 0.118 e. The zero-order chi connectivity index (χ0) is 16.2. The normalized spacial score (nSPS) is 16.5. The van der Waals surface area contributed by atoms with Crippen molar-refractivity contribution < 1.29 is 9.64 Å². The molecule has 4 nitrogen and oxygen atoms in total. The summed E-state index contributed by atoms with van der Waals surface area (Å²) < 4.78 is 5.18. The highest BCUT2D eigenvalue weighted by molar-refractivity contribution is 7.98. The van der Waals surface area contributed by atoms with Crippen molar-refractivity contribution in [2.75, 3.05) is 20.7 Å². The number of quaternary nitrogens is 1. The molecule has 5 heteroatoms. The van der Waals surface area contributed by atoms with Crippen LogP contribution in [0.2, 0.25) is 0 Å². The summed E-state index contributed by atoms with van der Waals surface area (Å²) >= 11 is 1.63. The van der Waals surface area contributed by atoms with E-state index in [9.17, 15) is 5.26 Å². The lowest BCUT2D eigenvalue weighted by Crippen LogP contribution is -3.08. The van der Waals surface area contributed by atoms with Crippen LogP contribution in [-0.2, 0) is 18.7 Å². The first-order valence-electron chi connectivity index (χ1n) is 7.69. The minimum Gasteiger partial charge on any atom is -0.497 e. The molecule has 0 bridgehead atoms. The fourth-order valence-electron chi connectivity index (χ4n) is 2.75. The Kier molecular flexibility index (Phi) is 4.85. The van der Waals surface area contributed by atoms with Gasteiger partial charge in [0.05, 0.1) is 32.0 Å². The number of hydrogen-bond acceptors (Lipinski definition) is 4. The summed E-state index contributed by atoms with van der Waals surface area (Å²) in [6, 6.07) is 12.3. The van der Waals surface area contributed by atoms with E-state index in [1.165, 1.54) is 16.0 Å². The van der Waals surface area contributed by atoms with Gasteiger partial charge in [0.1, 0.15) is 23.4 Å². The SMILES string of the molecule is COc1ccc(CSc2nc3c(cc2C#N)C[NH+](C)CC3)cc1. The van der Waals surface area contributed by atoms with Gasteiger partial charge in [-0.05, 0) is 23.8 Å². The molecule has 23 heavy (non-hydrogen) atoms. The van der Waals surface area contributed by atoms with E-state index in [-0.39, 0.29) is 0 Å². The quantitative estimate of drug-likeness (QED) is 0.871. The number of hydrogen-bond donors (Lipinski definition) is 1. The Bertz CT molecular complexity index is 737. The highest BCUT2D eigenvalue weighted by atomic mass is 32.2. The number of thioether (sulfide) groups is 1. The molecule has 2 heterocycles. The molecule has 0 aliphatic carbocycles.